The lowest BCUT2D eigenvalue weighted by molar-refractivity contribution is -0.137. The van der Waals surface area contributed by atoms with Gasteiger partial charge in [-0.15, -0.1) is 0 Å². The Labute approximate surface area is 213 Å². The molecule has 0 spiro atoms. The van der Waals surface area contributed by atoms with E-state index in [1.54, 1.807) is 37.4 Å². The molecule has 0 fully saturated rings. The third-order valence-electron chi connectivity index (χ3n) is 5.94. The number of nitrogens with one attached hydrogen (secondary N) is 2. The molecule has 0 saturated carbocycles. The van der Waals surface area contributed by atoms with Crippen LogP contribution in [0, 0.1) is 0 Å². The molecule has 192 valence electrons. The van der Waals surface area contributed by atoms with Gasteiger partial charge in [0.05, 0.1) is 19.8 Å². The van der Waals surface area contributed by atoms with E-state index in [1.165, 1.54) is 26.4 Å². The van der Waals surface area contributed by atoms with Crippen LogP contribution in [0.2, 0.25) is 5.02 Å². The molecule has 2 N–H and O–H groups in total. The molecule has 36 heavy (non-hydrogen) atoms. The van der Waals surface area contributed by atoms with Crippen LogP contribution in [0.15, 0.2) is 66.7 Å². The van der Waals surface area contributed by atoms with Gasteiger partial charge in [0.2, 0.25) is 5.91 Å². The highest BCUT2D eigenvalue weighted by molar-refractivity contribution is 6.30. The first-order chi connectivity index (χ1) is 17.2. The minimum Gasteiger partial charge on any atom is -0.493 e. The molecule has 0 bridgehead atoms. The third kappa shape index (κ3) is 6.71. The highest BCUT2D eigenvalue weighted by Gasteiger charge is 2.30. The average molecular weight is 521 g/mol. The number of carbonyl (C=O) groups is 1. The molecule has 5 nitrogen and oxygen atoms in total. The Hall–Kier alpha value is -3.23. The maximum atomic E-state index is 13.1. The highest BCUT2D eigenvalue weighted by atomic mass is 35.5. The van der Waals surface area contributed by atoms with Crippen molar-refractivity contribution in [1.29, 1.82) is 0 Å². The first-order valence-electron chi connectivity index (χ1n) is 11.3. The topological polar surface area (TPSA) is 59.6 Å². The second-order valence-electron chi connectivity index (χ2n) is 8.13. The number of rotatable bonds is 10. The van der Waals surface area contributed by atoms with Crippen LogP contribution in [0.25, 0.3) is 0 Å². The van der Waals surface area contributed by atoms with E-state index in [0.717, 1.165) is 23.3 Å². The molecule has 0 aliphatic heterocycles. The van der Waals surface area contributed by atoms with Gasteiger partial charge < -0.3 is 20.1 Å². The molecular weight excluding hydrogens is 493 g/mol. The second-order valence-corrected chi connectivity index (χ2v) is 8.56. The number of halogens is 4. The summed E-state index contributed by atoms with van der Waals surface area (Å²) in [6.45, 7) is 0.404. The number of likely N-dealkylation sites (N-methyl/N-ethyl adjacent to an activating group) is 1. The van der Waals surface area contributed by atoms with E-state index in [-0.39, 0.29) is 11.8 Å². The third-order valence-corrected chi connectivity index (χ3v) is 6.20. The molecule has 0 aliphatic rings. The molecule has 1 amide bonds. The second kappa shape index (κ2) is 12.1. The van der Waals surface area contributed by atoms with Gasteiger partial charge in [-0.1, -0.05) is 41.9 Å². The number of benzene rings is 3. The first-order valence-corrected chi connectivity index (χ1v) is 11.6. The number of hydrogen-bond donors (Lipinski definition) is 2. The van der Waals surface area contributed by atoms with Crippen molar-refractivity contribution in [2.75, 3.05) is 27.8 Å². The summed E-state index contributed by atoms with van der Waals surface area (Å²) in [6.07, 6.45) is -3.92. The smallest absolute Gasteiger partial charge is 0.416 e. The summed E-state index contributed by atoms with van der Waals surface area (Å²) in [5, 5.41) is 6.49. The molecule has 0 radical (unpaired) electrons. The summed E-state index contributed by atoms with van der Waals surface area (Å²) in [6, 6.07) is 16.9. The van der Waals surface area contributed by atoms with Crippen LogP contribution >= 0.6 is 11.6 Å². The molecule has 0 aliphatic carbocycles. The SMILES string of the molecule is CNC(=O)C(NCCC(c1ccc(C(F)(F)F)cc1)c1ccc(OC)c(OC)c1)c1ccc(Cl)cc1. The van der Waals surface area contributed by atoms with Gasteiger partial charge in [0, 0.05) is 18.0 Å². The molecular formula is C27H28ClF3N2O3. The van der Waals surface area contributed by atoms with E-state index in [1.807, 2.05) is 12.1 Å². The molecule has 2 unspecified atom stereocenters. The number of ether oxygens (including phenoxy) is 2. The van der Waals surface area contributed by atoms with Crippen LogP contribution in [0.4, 0.5) is 13.2 Å². The van der Waals surface area contributed by atoms with Crippen molar-refractivity contribution < 1.29 is 27.4 Å². The Morgan fingerprint density at radius 3 is 2.03 bits per heavy atom. The van der Waals surface area contributed by atoms with Crippen LogP contribution in [0.1, 0.15) is 40.6 Å². The monoisotopic (exact) mass is 520 g/mol. The van der Waals surface area contributed by atoms with Gasteiger partial charge in [0.15, 0.2) is 11.5 Å². The molecule has 9 heteroatoms. The van der Waals surface area contributed by atoms with Gasteiger partial charge in [-0.3, -0.25) is 4.79 Å². The Kier molecular flexibility index (Phi) is 9.23. The van der Waals surface area contributed by atoms with Crippen molar-refractivity contribution in [2.24, 2.45) is 0 Å². The van der Waals surface area contributed by atoms with E-state index < -0.39 is 17.8 Å². The zero-order valence-electron chi connectivity index (χ0n) is 20.2. The van der Waals surface area contributed by atoms with E-state index in [4.69, 9.17) is 21.1 Å². The molecule has 3 aromatic rings. The Balaban J connectivity index is 1.89. The average Bonchev–Trinajstić information content (AvgIpc) is 2.88. The van der Waals surface area contributed by atoms with Crippen molar-refractivity contribution in [3.63, 3.8) is 0 Å². The summed E-state index contributed by atoms with van der Waals surface area (Å²) in [5.41, 5.74) is 1.59. The summed E-state index contributed by atoms with van der Waals surface area (Å²) in [4.78, 5) is 12.6. The fourth-order valence-electron chi connectivity index (χ4n) is 4.03. The molecule has 0 saturated heterocycles. The quantitative estimate of drug-likeness (QED) is 0.345. The van der Waals surface area contributed by atoms with Gasteiger partial charge in [0.1, 0.15) is 6.04 Å². The van der Waals surface area contributed by atoms with E-state index in [2.05, 4.69) is 10.6 Å². The van der Waals surface area contributed by atoms with E-state index in [9.17, 15) is 18.0 Å². The number of methoxy groups -OCH3 is 2. The Morgan fingerprint density at radius 2 is 1.47 bits per heavy atom. The van der Waals surface area contributed by atoms with Crippen molar-refractivity contribution in [3.8, 4) is 11.5 Å². The van der Waals surface area contributed by atoms with Crippen LogP contribution in [-0.2, 0) is 11.0 Å². The Morgan fingerprint density at radius 1 is 0.889 bits per heavy atom. The van der Waals surface area contributed by atoms with Crippen LogP contribution in [-0.4, -0.2) is 33.7 Å². The van der Waals surface area contributed by atoms with Gasteiger partial charge in [-0.2, -0.15) is 13.2 Å². The summed E-state index contributed by atoms with van der Waals surface area (Å²) < 4.78 is 50.1. The highest BCUT2D eigenvalue weighted by Crippen LogP contribution is 2.36. The van der Waals surface area contributed by atoms with Gasteiger partial charge >= 0.3 is 6.18 Å². The van der Waals surface area contributed by atoms with E-state index in [0.29, 0.717) is 35.1 Å². The lowest BCUT2D eigenvalue weighted by Crippen LogP contribution is -2.36. The standard InChI is InChI=1S/C27H28ClF3N2O3/c1-32-26(34)25(18-6-11-21(28)12-7-18)33-15-14-22(17-4-9-20(10-5-17)27(29,30)31)19-8-13-23(35-2)24(16-19)36-3/h4-13,16,22,25,33H,14-15H2,1-3H3,(H,32,34). The first kappa shape index (κ1) is 27.4. The van der Waals surface area contributed by atoms with Crippen LogP contribution in [0.5, 0.6) is 11.5 Å². The van der Waals surface area contributed by atoms with Crippen LogP contribution < -0.4 is 20.1 Å². The van der Waals surface area contributed by atoms with Crippen molar-refractivity contribution in [2.45, 2.75) is 24.6 Å². The summed E-state index contributed by atoms with van der Waals surface area (Å²) in [7, 11) is 4.61. The molecule has 2 atom stereocenters. The predicted molar refractivity (Wildman–Crippen MR) is 134 cm³/mol. The molecule has 3 aromatic carbocycles. The largest absolute Gasteiger partial charge is 0.493 e. The zero-order valence-corrected chi connectivity index (χ0v) is 20.9. The lowest BCUT2D eigenvalue weighted by Gasteiger charge is -2.23. The fraction of sp³-hybridized carbons (Fsp3) is 0.296. The number of hydrogen-bond acceptors (Lipinski definition) is 4. The van der Waals surface area contributed by atoms with Gasteiger partial charge in [-0.25, -0.2) is 0 Å². The summed E-state index contributed by atoms with van der Waals surface area (Å²) in [5.74, 6) is 0.585. The molecule has 0 heterocycles. The Bertz CT molecular complexity index is 1150. The van der Waals surface area contributed by atoms with E-state index >= 15 is 0 Å². The maximum Gasteiger partial charge on any atom is 0.416 e. The molecule has 0 aromatic heterocycles. The number of carbonyl (C=O) groups excluding carboxylic acids is 1. The predicted octanol–water partition coefficient (Wildman–Crippen LogP) is 5.97. The molecule has 3 rings (SSSR count). The van der Waals surface area contributed by atoms with Crippen molar-refractivity contribution in [1.82, 2.24) is 10.6 Å². The van der Waals surface area contributed by atoms with Gasteiger partial charge in [-0.05, 0) is 66.1 Å². The zero-order chi connectivity index (χ0) is 26.3. The van der Waals surface area contributed by atoms with Crippen LogP contribution in [0.3, 0.4) is 0 Å². The minimum absolute atomic E-state index is 0.213. The normalized spacial score (nSPS) is 13.1. The number of amides is 1. The summed E-state index contributed by atoms with van der Waals surface area (Å²) >= 11 is 5.99. The van der Waals surface area contributed by atoms with Gasteiger partial charge in [0.25, 0.3) is 0 Å². The van der Waals surface area contributed by atoms with Crippen molar-refractivity contribution >= 4 is 17.5 Å². The number of alkyl halides is 3. The fourth-order valence-corrected chi connectivity index (χ4v) is 4.16. The van der Waals surface area contributed by atoms with Crippen molar-refractivity contribution in [3.05, 3.63) is 94.0 Å². The lowest BCUT2D eigenvalue weighted by atomic mass is 9.87. The maximum absolute atomic E-state index is 13.1. The minimum atomic E-state index is -4.42.